The first-order valence-electron chi connectivity index (χ1n) is 9.53. The van der Waals surface area contributed by atoms with E-state index in [1.807, 2.05) is 6.07 Å². The SMILES string of the molecule is CN=C(NCCCn1nc2n(c1=O)CCCC2)NCCc1cccc(F)c1.I. The zero-order valence-corrected chi connectivity index (χ0v) is 18.5. The topological polar surface area (TPSA) is 76.2 Å². The molecule has 0 saturated carbocycles. The third kappa shape index (κ3) is 6.05. The summed E-state index contributed by atoms with van der Waals surface area (Å²) in [4.78, 5) is 16.5. The molecule has 0 spiro atoms. The zero-order chi connectivity index (χ0) is 19.1. The average molecular weight is 502 g/mol. The Labute approximate surface area is 181 Å². The maximum absolute atomic E-state index is 13.2. The maximum atomic E-state index is 13.2. The zero-order valence-electron chi connectivity index (χ0n) is 16.2. The molecule has 0 fully saturated rings. The molecule has 3 rings (SSSR count). The van der Waals surface area contributed by atoms with Gasteiger partial charge in [0.1, 0.15) is 11.6 Å². The van der Waals surface area contributed by atoms with Crippen LogP contribution in [0.25, 0.3) is 0 Å². The van der Waals surface area contributed by atoms with Crippen molar-refractivity contribution < 1.29 is 4.39 Å². The molecular formula is C19H28FIN6O. The van der Waals surface area contributed by atoms with Gasteiger partial charge in [0.15, 0.2) is 5.96 Å². The minimum Gasteiger partial charge on any atom is -0.356 e. The predicted octanol–water partition coefficient (Wildman–Crippen LogP) is 1.94. The van der Waals surface area contributed by atoms with Crippen molar-refractivity contribution in [2.75, 3.05) is 20.1 Å². The highest BCUT2D eigenvalue weighted by molar-refractivity contribution is 14.0. The number of halogens is 2. The first-order valence-corrected chi connectivity index (χ1v) is 9.53. The molecule has 28 heavy (non-hydrogen) atoms. The minimum absolute atomic E-state index is 0. The van der Waals surface area contributed by atoms with Crippen LogP contribution in [-0.4, -0.2) is 40.4 Å². The number of nitrogens with zero attached hydrogens (tertiary/aromatic N) is 4. The molecule has 1 aliphatic rings. The van der Waals surface area contributed by atoms with Crippen molar-refractivity contribution in [2.45, 2.75) is 45.2 Å². The number of rotatable bonds is 7. The molecule has 0 aliphatic carbocycles. The van der Waals surface area contributed by atoms with E-state index >= 15 is 0 Å². The molecule has 7 nitrogen and oxygen atoms in total. The van der Waals surface area contributed by atoms with Crippen LogP contribution in [0.3, 0.4) is 0 Å². The number of aliphatic imine (C=N–C) groups is 1. The Morgan fingerprint density at radius 1 is 1.29 bits per heavy atom. The van der Waals surface area contributed by atoms with Gasteiger partial charge in [-0.15, -0.1) is 24.0 Å². The molecule has 1 aliphatic heterocycles. The molecule has 154 valence electrons. The summed E-state index contributed by atoms with van der Waals surface area (Å²) in [5.41, 5.74) is 0.948. The van der Waals surface area contributed by atoms with Gasteiger partial charge in [-0.2, -0.15) is 5.10 Å². The number of guanidine groups is 1. The Hall–Kier alpha value is -1.91. The standard InChI is InChI=1S/C19H27FN6O.HI/c1-21-18(23-11-9-15-6-4-7-16(20)14-15)22-10-5-13-26-19(27)25-12-3-2-8-17(25)24-26;/h4,6-7,14H,2-3,5,8-13H2,1H3,(H2,21,22,23);1H. The van der Waals surface area contributed by atoms with Gasteiger partial charge in [-0.1, -0.05) is 12.1 Å². The van der Waals surface area contributed by atoms with Crippen molar-refractivity contribution in [3.05, 3.63) is 52.0 Å². The molecule has 0 radical (unpaired) electrons. The summed E-state index contributed by atoms with van der Waals surface area (Å²) in [6.45, 7) is 2.73. The van der Waals surface area contributed by atoms with Crippen LogP contribution in [0.5, 0.6) is 0 Å². The van der Waals surface area contributed by atoms with Gasteiger partial charge in [0.25, 0.3) is 0 Å². The lowest BCUT2D eigenvalue weighted by Crippen LogP contribution is -2.39. The molecule has 2 N–H and O–H groups in total. The lowest BCUT2D eigenvalue weighted by molar-refractivity contribution is 0.509. The Kier molecular flexibility index (Phi) is 8.94. The molecule has 0 atom stereocenters. The van der Waals surface area contributed by atoms with Gasteiger partial charge in [-0.25, -0.2) is 13.9 Å². The van der Waals surface area contributed by atoms with Crippen LogP contribution < -0.4 is 16.3 Å². The van der Waals surface area contributed by atoms with Gasteiger partial charge >= 0.3 is 5.69 Å². The molecule has 0 bridgehead atoms. The van der Waals surface area contributed by atoms with Gasteiger partial charge in [-0.05, 0) is 43.4 Å². The fraction of sp³-hybridized carbons (Fsp3) is 0.526. The smallest absolute Gasteiger partial charge is 0.345 e. The second-order valence-corrected chi connectivity index (χ2v) is 6.69. The molecule has 9 heteroatoms. The van der Waals surface area contributed by atoms with Crippen molar-refractivity contribution in [1.29, 1.82) is 0 Å². The summed E-state index contributed by atoms with van der Waals surface area (Å²) in [5.74, 6) is 1.39. The van der Waals surface area contributed by atoms with Gasteiger partial charge in [0, 0.05) is 39.6 Å². The monoisotopic (exact) mass is 502 g/mol. The van der Waals surface area contributed by atoms with Gasteiger partial charge in [0.05, 0.1) is 0 Å². The van der Waals surface area contributed by atoms with Crippen LogP contribution in [0, 0.1) is 5.82 Å². The third-order valence-corrected chi connectivity index (χ3v) is 4.69. The fourth-order valence-corrected chi connectivity index (χ4v) is 3.27. The van der Waals surface area contributed by atoms with E-state index in [1.165, 1.54) is 6.07 Å². The van der Waals surface area contributed by atoms with E-state index in [4.69, 9.17) is 0 Å². The Morgan fingerprint density at radius 3 is 2.86 bits per heavy atom. The summed E-state index contributed by atoms with van der Waals surface area (Å²) in [6, 6.07) is 6.61. The highest BCUT2D eigenvalue weighted by atomic mass is 127. The summed E-state index contributed by atoms with van der Waals surface area (Å²) in [7, 11) is 1.71. The van der Waals surface area contributed by atoms with Crippen molar-refractivity contribution in [1.82, 2.24) is 25.0 Å². The largest absolute Gasteiger partial charge is 0.356 e. The summed E-state index contributed by atoms with van der Waals surface area (Å²) in [6.07, 6.45) is 4.55. The number of aryl methyl sites for hydroxylation is 2. The molecule has 2 heterocycles. The fourth-order valence-electron chi connectivity index (χ4n) is 3.27. The van der Waals surface area contributed by atoms with Crippen LogP contribution in [0.4, 0.5) is 4.39 Å². The number of benzene rings is 1. The Bertz CT molecular complexity index is 847. The third-order valence-electron chi connectivity index (χ3n) is 4.69. The first kappa shape index (κ1) is 22.4. The molecule has 0 saturated heterocycles. The highest BCUT2D eigenvalue weighted by Crippen LogP contribution is 2.09. The second-order valence-electron chi connectivity index (χ2n) is 6.69. The van der Waals surface area contributed by atoms with E-state index in [2.05, 4.69) is 20.7 Å². The summed E-state index contributed by atoms with van der Waals surface area (Å²) >= 11 is 0. The highest BCUT2D eigenvalue weighted by Gasteiger charge is 2.16. The van der Waals surface area contributed by atoms with E-state index < -0.39 is 0 Å². The van der Waals surface area contributed by atoms with Crippen molar-refractivity contribution in [3.8, 4) is 0 Å². The number of fused-ring (bicyclic) bond motifs is 1. The van der Waals surface area contributed by atoms with E-state index in [-0.39, 0.29) is 35.5 Å². The number of hydrogen-bond acceptors (Lipinski definition) is 3. The molecular weight excluding hydrogens is 474 g/mol. The van der Waals surface area contributed by atoms with E-state index in [1.54, 1.807) is 28.4 Å². The van der Waals surface area contributed by atoms with Gasteiger partial charge in [0.2, 0.25) is 0 Å². The second kappa shape index (κ2) is 11.2. The molecule has 2 aromatic rings. The van der Waals surface area contributed by atoms with E-state index in [9.17, 15) is 9.18 Å². The Morgan fingerprint density at radius 2 is 2.11 bits per heavy atom. The number of hydrogen-bond donors (Lipinski definition) is 2. The van der Waals surface area contributed by atoms with Crippen LogP contribution in [0.2, 0.25) is 0 Å². The van der Waals surface area contributed by atoms with Crippen LogP contribution in [0.15, 0.2) is 34.1 Å². The molecule has 0 unspecified atom stereocenters. The summed E-state index contributed by atoms with van der Waals surface area (Å²) < 4.78 is 16.5. The first-order chi connectivity index (χ1) is 13.2. The predicted molar refractivity (Wildman–Crippen MR) is 119 cm³/mol. The molecule has 0 amide bonds. The van der Waals surface area contributed by atoms with Gasteiger partial charge < -0.3 is 10.6 Å². The minimum atomic E-state index is -0.216. The molecule has 1 aromatic heterocycles. The number of nitrogens with one attached hydrogen (secondary N) is 2. The number of aromatic nitrogens is 3. The van der Waals surface area contributed by atoms with Gasteiger partial charge in [-0.3, -0.25) is 9.56 Å². The normalized spacial score (nSPS) is 13.6. The van der Waals surface area contributed by atoms with Crippen molar-refractivity contribution in [2.24, 2.45) is 4.99 Å². The van der Waals surface area contributed by atoms with Crippen LogP contribution in [-0.2, 0) is 25.9 Å². The quantitative estimate of drug-likeness (QED) is 0.263. The van der Waals surface area contributed by atoms with Crippen molar-refractivity contribution >= 4 is 29.9 Å². The van der Waals surface area contributed by atoms with E-state index in [0.29, 0.717) is 32.0 Å². The summed E-state index contributed by atoms with van der Waals surface area (Å²) in [5, 5.41) is 10.9. The van der Waals surface area contributed by atoms with Crippen molar-refractivity contribution in [3.63, 3.8) is 0 Å². The Balaban J connectivity index is 0.00000280. The maximum Gasteiger partial charge on any atom is 0.345 e. The molecule has 1 aromatic carbocycles. The van der Waals surface area contributed by atoms with E-state index in [0.717, 1.165) is 43.6 Å². The lowest BCUT2D eigenvalue weighted by atomic mass is 10.1. The average Bonchev–Trinajstić information content (AvgIpc) is 3.00. The van der Waals surface area contributed by atoms with Crippen LogP contribution in [0.1, 0.15) is 30.7 Å². The van der Waals surface area contributed by atoms with Crippen LogP contribution >= 0.6 is 24.0 Å². The lowest BCUT2D eigenvalue weighted by Gasteiger charge is -2.11.